The van der Waals surface area contributed by atoms with Crippen LogP contribution in [0.2, 0.25) is 5.15 Å². The number of fused-ring (bicyclic) bond motifs is 1. The summed E-state index contributed by atoms with van der Waals surface area (Å²) in [5.41, 5.74) is 0.425. The molecule has 15 heavy (non-hydrogen) atoms. The van der Waals surface area contributed by atoms with Gasteiger partial charge in [-0.3, -0.25) is 4.79 Å². The monoisotopic (exact) mass is 226 g/mol. The summed E-state index contributed by atoms with van der Waals surface area (Å²) in [6, 6.07) is 1.63. The van der Waals surface area contributed by atoms with Gasteiger partial charge in [0.15, 0.2) is 11.0 Å². The molecule has 0 amide bonds. The first-order chi connectivity index (χ1) is 7.13. The van der Waals surface area contributed by atoms with Gasteiger partial charge in [0.1, 0.15) is 0 Å². The Morgan fingerprint density at radius 1 is 1.60 bits per heavy atom. The van der Waals surface area contributed by atoms with Gasteiger partial charge in [0.25, 0.3) is 5.56 Å². The Hall–Kier alpha value is -1.42. The van der Waals surface area contributed by atoms with Crippen molar-refractivity contribution in [3.8, 4) is 0 Å². The molecule has 0 atom stereocenters. The quantitative estimate of drug-likeness (QED) is 0.759. The lowest BCUT2D eigenvalue weighted by Crippen LogP contribution is -2.12. The Morgan fingerprint density at radius 2 is 2.33 bits per heavy atom. The molecule has 2 heterocycles. The van der Waals surface area contributed by atoms with Gasteiger partial charge in [-0.05, 0) is 12.5 Å². The van der Waals surface area contributed by atoms with Crippen molar-refractivity contribution in [3.63, 3.8) is 0 Å². The lowest BCUT2D eigenvalue weighted by atomic mass is 10.1. The summed E-state index contributed by atoms with van der Waals surface area (Å²) in [4.78, 5) is 17.6. The first kappa shape index (κ1) is 10.1. The van der Waals surface area contributed by atoms with Gasteiger partial charge in [0.2, 0.25) is 0 Å². The average Bonchev–Trinajstić information content (AvgIpc) is 2.24. The van der Waals surface area contributed by atoms with Crippen LogP contribution < -0.4 is 5.56 Å². The van der Waals surface area contributed by atoms with Crippen molar-refractivity contribution < 1.29 is 4.39 Å². The highest BCUT2D eigenvalue weighted by Crippen LogP contribution is 2.19. The molecule has 0 unspecified atom stereocenters. The molecule has 0 radical (unpaired) electrons. The molecule has 0 aliphatic heterocycles. The van der Waals surface area contributed by atoms with Crippen molar-refractivity contribution in [1.29, 1.82) is 0 Å². The fourth-order valence-corrected chi connectivity index (χ4v) is 1.57. The van der Waals surface area contributed by atoms with E-state index < -0.39 is 5.82 Å². The standard InChI is InChI=1S/C10H8ClFN2O/c1-2-5-3-6-4-13-9(11)7(12)8(6)14-10(5)15/h3-4H,2H2,1H3,(H,14,15). The maximum Gasteiger partial charge on any atom is 0.251 e. The van der Waals surface area contributed by atoms with Crippen LogP contribution >= 0.6 is 11.6 Å². The van der Waals surface area contributed by atoms with Gasteiger partial charge in [-0.15, -0.1) is 0 Å². The first-order valence-corrected chi connectivity index (χ1v) is 4.87. The number of hydrogen-bond acceptors (Lipinski definition) is 2. The van der Waals surface area contributed by atoms with Crippen LogP contribution in [-0.2, 0) is 6.42 Å². The summed E-state index contributed by atoms with van der Waals surface area (Å²) in [7, 11) is 0. The van der Waals surface area contributed by atoms with Crippen LogP contribution in [0.5, 0.6) is 0 Å². The second-order valence-corrected chi connectivity index (χ2v) is 3.53. The molecule has 2 aromatic rings. The molecule has 3 nitrogen and oxygen atoms in total. The summed E-state index contributed by atoms with van der Waals surface area (Å²) in [5, 5.41) is 0.316. The van der Waals surface area contributed by atoms with Gasteiger partial charge in [-0.2, -0.15) is 0 Å². The summed E-state index contributed by atoms with van der Waals surface area (Å²) in [5.74, 6) is -0.686. The zero-order chi connectivity index (χ0) is 11.0. The maximum atomic E-state index is 13.4. The van der Waals surface area contributed by atoms with E-state index in [-0.39, 0.29) is 16.2 Å². The molecule has 0 saturated carbocycles. The Kier molecular flexibility index (Phi) is 2.44. The number of aromatic amines is 1. The highest BCUT2D eigenvalue weighted by molar-refractivity contribution is 6.30. The van der Waals surface area contributed by atoms with Gasteiger partial charge < -0.3 is 4.98 Å². The number of hydrogen-bond donors (Lipinski definition) is 1. The number of pyridine rings is 2. The van der Waals surface area contributed by atoms with Crippen LogP contribution in [0, 0.1) is 5.82 Å². The van der Waals surface area contributed by atoms with E-state index in [4.69, 9.17) is 11.6 Å². The lowest BCUT2D eigenvalue weighted by molar-refractivity contribution is 0.631. The minimum absolute atomic E-state index is 0.109. The topological polar surface area (TPSA) is 45.8 Å². The van der Waals surface area contributed by atoms with Gasteiger partial charge in [-0.1, -0.05) is 18.5 Å². The second kappa shape index (κ2) is 3.62. The van der Waals surface area contributed by atoms with Crippen LogP contribution in [0.3, 0.4) is 0 Å². The van der Waals surface area contributed by atoms with E-state index in [1.165, 1.54) is 6.20 Å². The molecule has 0 aliphatic rings. The predicted octanol–water partition coefficient (Wildman–Crippen LogP) is 2.28. The first-order valence-electron chi connectivity index (χ1n) is 4.49. The number of H-pyrrole nitrogens is 1. The molecule has 78 valence electrons. The van der Waals surface area contributed by atoms with Crippen molar-refractivity contribution in [1.82, 2.24) is 9.97 Å². The van der Waals surface area contributed by atoms with Crippen LogP contribution in [-0.4, -0.2) is 9.97 Å². The van der Waals surface area contributed by atoms with Gasteiger partial charge in [0, 0.05) is 17.1 Å². The highest BCUT2D eigenvalue weighted by Gasteiger charge is 2.09. The third-order valence-corrected chi connectivity index (χ3v) is 2.51. The van der Waals surface area contributed by atoms with Crippen molar-refractivity contribution >= 4 is 22.5 Å². The SMILES string of the molecule is CCc1cc2cnc(Cl)c(F)c2[nH]c1=O. The Balaban J connectivity index is 2.87. The van der Waals surface area contributed by atoms with E-state index in [1.807, 2.05) is 6.92 Å². The van der Waals surface area contributed by atoms with Crippen molar-refractivity contribution in [2.24, 2.45) is 0 Å². The number of aromatic nitrogens is 2. The molecule has 0 fully saturated rings. The van der Waals surface area contributed by atoms with E-state index in [9.17, 15) is 9.18 Å². The summed E-state index contributed by atoms with van der Waals surface area (Å²) >= 11 is 5.51. The molecule has 2 aromatic heterocycles. The zero-order valence-electron chi connectivity index (χ0n) is 7.97. The number of rotatable bonds is 1. The molecule has 0 saturated heterocycles. The van der Waals surface area contributed by atoms with Crippen molar-refractivity contribution in [3.05, 3.63) is 39.2 Å². The number of nitrogens with zero attached hydrogens (tertiary/aromatic N) is 1. The summed E-state index contributed by atoms with van der Waals surface area (Å²) in [6.07, 6.45) is 2.03. The van der Waals surface area contributed by atoms with E-state index in [0.29, 0.717) is 17.4 Å². The molecular weight excluding hydrogens is 219 g/mol. The molecule has 2 rings (SSSR count). The van der Waals surface area contributed by atoms with Crippen LogP contribution in [0.15, 0.2) is 17.1 Å². The second-order valence-electron chi connectivity index (χ2n) is 3.17. The van der Waals surface area contributed by atoms with Crippen LogP contribution in [0.4, 0.5) is 4.39 Å². The Morgan fingerprint density at radius 3 is 3.00 bits per heavy atom. The van der Waals surface area contributed by atoms with Gasteiger partial charge >= 0.3 is 0 Å². The number of halogens is 2. The van der Waals surface area contributed by atoms with E-state index >= 15 is 0 Å². The minimum atomic E-state index is -0.686. The van der Waals surface area contributed by atoms with Crippen LogP contribution in [0.25, 0.3) is 10.9 Å². The summed E-state index contributed by atoms with van der Waals surface area (Å²) in [6.45, 7) is 1.86. The third kappa shape index (κ3) is 1.61. The van der Waals surface area contributed by atoms with Gasteiger partial charge in [-0.25, -0.2) is 9.37 Å². The normalized spacial score (nSPS) is 10.9. The summed E-state index contributed by atoms with van der Waals surface area (Å²) < 4.78 is 13.4. The van der Waals surface area contributed by atoms with Crippen molar-refractivity contribution in [2.75, 3.05) is 0 Å². The lowest BCUT2D eigenvalue weighted by Gasteiger charge is -2.02. The van der Waals surface area contributed by atoms with E-state index in [0.717, 1.165) is 0 Å². The maximum absolute atomic E-state index is 13.4. The molecule has 0 aliphatic carbocycles. The van der Waals surface area contributed by atoms with E-state index in [2.05, 4.69) is 9.97 Å². The van der Waals surface area contributed by atoms with E-state index in [1.54, 1.807) is 6.07 Å². The fourth-order valence-electron chi connectivity index (χ4n) is 1.42. The number of aryl methyl sites for hydroxylation is 1. The average molecular weight is 227 g/mol. The molecule has 5 heteroatoms. The van der Waals surface area contributed by atoms with Crippen molar-refractivity contribution in [2.45, 2.75) is 13.3 Å². The third-order valence-electron chi connectivity index (χ3n) is 2.25. The largest absolute Gasteiger partial charge is 0.319 e. The zero-order valence-corrected chi connectivity index (χ0v) is 8.73. The minimum Gasteiger partial charge on any atom is -0.319 e. The molecule has 1 N–H and O–H groups in total. The molecule has 0 bridgehead atoms. The molecular formula is C10H8ClFN2O. The molecule has 0 aromatic carbocycles. The number of nitrogens with one attached hydrogen (secondary N) is 1. The Bertz CT molecular complexity index is 579. The predicted molar refractivity (Wildman–Crippen MR) is 56.7 cm³/mol. The fraction of sp³-hybridized carbons (Fsp3) is 0.200. The highest BCUT2D eigenvalue weighted by atomic mass is 35.5. The molecule has 0 spiro atoms. The van der Waals surface area contributed by atoms with Gasteiger partial charge in [0.05, 0.1) is 5.52 Å². The van der Waals surface area contributed by atoms with Crippen LogP contribution in [0.1, 0.15) is 12.5 Å². The smallest absolute Gasteiger partial charge is 0.251 e. The Labute approximate surface area is 89.9 Å².